The molecular formula is C22H23N3O3. The minimum absolute atomic E-state index is 0.0706. The SMILES string of the molecule is COc1ccc2c(ccn2CC(=O)N2C[C@@H]3C[C@H](C2)c2cccc(=O)n2C3)c1. The number of ether oxygens (including phenoxy) is 1. The maximum absolute atomic E-state index is 13.1. The molecule has 0 saturated carbocycles. The molecule has 1 aromatic carbocycles. The molecule has 2 aliphatic rings. The summed E-state index contributed by atoms with van der Waals surface area (Å²) in [6.07, 6.45) is 3.02. The largest absolute Gasteiger partial charge is 0.497 e. The minimum atomic E-state index is 0.0706. The van der Waals surface area contributed by atoms with Gasteiger partial charge in [-0.15, -0.1) is 0 Å². The maximum Gasteiger partial charge on any atom is 0.250 e. The fourth-order valence-corrected chi connectivity index (χ4v) is 4.79. The van der Waals surface area contributed by atoms with Gasteiger partial charge in [-0.2, -0.15) is 0 Å². The molecule has 0 radical (unpaired) electrons. The van der Waals surface area contributed by atoms with Gasteiger partial charge < -0.3 is 18.8 Å². The first kappa shape index (κ1) is 17.1. The van der Waals surface area contributed by atoms with Crippen molar-refractivity contribution in [3.05, 3.63) is 64.7 Å². The van der Waals surface area contributed by atoms with Crippen LogP contribution in [0.3, 0.4) is 0 Å². The van der Waals surface area contributed by atoms with Gasteiger partial charge in [-0.05, 0) is 42.7 Å². The topological polar surface area (TPSA) is 56.5 Å². The number of aromatic nitrogens is 2. The van der Waals surface area contributed by atoms with Crippen molar-refractivity contribution >= 4 is 16.8 Å². The summed E-state index contributed by atoms with van der Waals surface area (Å²) in [6, 6.07) is 13.4. The van der Waals surface area contributed by atoms with E-state index in [1.807, 2.05) is 56.6 Å². The third-order valence-corrected chi connectivity index (χ3v) is 6.12. The van der Waals surface area contributed by atoms with Crippen molar-refractivity contribution in [3.63, 3.8) is 0 Å². The summed E-state index contributed by atoms with van der Waals surface area (Å²) in [5, 5.41) is 1.07. The molecule has 2 aliphatic heterocycles. The molecule has 1 amide bonds. The summed E-state index contributed by atoms with van der Waals surface area (Å²) in [5.41, 5.74) is 2.17. The highest BCUT2D eigenvalue weighted by atomic mass is 16.5. The van der Waals surface area contributed by atoms with E-state index in [4.69, 9.17) is 4.74 Å². The monoisotopic (exact) mass is 377 g/mol. The number of amides is 1. The third-order valence-electron chi connectivity index (χ3n) is 6.12. The van der Waals surface area contributed by atoms with Gasteiger partial charge in [0.1, 0.15) is 12.3 Å². The number of hydrogen-bond donors (Lipinski definition) is 0. The van der Waals surface area contributed by atoms with Crippen LogP contribution in [0.15, 0.2) is 53.5 Å². The first-order chi connectivity index (χ1) is 13.6. The Kier molecular flexibility index (Phi) is 4.00. The highest BCUT2D eigenvalue weighted by Gasteiger charge is 2.36. The van der Waals surface area contributed by atoms with Crippen LogP contribution in [-0.2, 0) is 17.9 Å². The molecule has 6 nitrogen and oxygen atoms in total. The molecule has 3 aromatic rings. The second kappa shape index (κ2) is 6.55. The lowest BCUT2D eigenvalue weighted by molar-refractivity contribution is -0.134. The number of carbonyl (C=O) groups excluding carboxylic acids is 1. The Bertz CT molecular complexity index is 1110. The van der Waals surface area contributed by atoms with Crippen molar-refractivity contribution in [2.45, 2.75) is 25.4 Å². The van der Waals surface area contributed by atoms with Crippen molar-refractivity contribution in [2.75, 3.05) is 20.2 Å². The Labute approximate surface area is 162 Å². The second-order valence-corrected chi connectivity index (χ2v) is 7.87. The Morgan fingerprint density at radius 1 is 1.14 bits per heavy atom. The van der Waals surface area contributed by atoms with E-state index in [-0.39, 0.29) is 17.4 Å². The average Bonchev–Trinajstić information content (AvgIpc) is 3.10. The fourth-order valence-electron chi connectivity index (χ4n) is 4.79. The average molecular weight is 377 g/mol. The van der Waals surface area contributed by atoms with E-state index < -0.39 is 0 Å². The van der Waals surface area contributed by atoms with Crippen LogP contribution < -0.4 is 10.3 Å². The van der Waals surface area contributed by atoms with E-state index >= 15 is 0 Å². The standard InChI is InChI=1S/C22H23N3O3/c1-28-18-5-6-19-16(10-18)7-8-23(19)14-22(27)24-11-15-9-17(13-24)20-3-2-4-21(26)25(20)12-15/h2-8,10,15,17H,9,11-14H2,1H3/t15-,17+/m0/s1. The predicted molar refractivity (Wildman–Crippen MR) is 107 cm³/mol. The van der Waals surface area contributed by atoms with Gasteiger partial charge in [0.05, 0.1) is 7.11 Å². The van der Waals surface area contributed by atoms with E-state index in [0.29, 0.717) is 25.6 Å². The molecule has 1 fully saturated rings. The molecule has 0 unspecified atom stereocenters. The molecule has 5 rings (SSSR count). The number of piperidine rings is 1. The van der Waals surface area contributed by atoms with E-state index in [2.05, 4.69) is 0 Å². The lowest BCUT2D eigenvalue weighted by Gasteiger charge is -2.42. The van der Waals surface area contributed by atoms with E-state index in [1.165, 1.54) is 0 Å². The summed E-state index contributed by atoms with van der Waals surface area (Å²) in [4.78, 5) is 27.2. The molecule has 144 valence electrons. The number of rotatable bonds is 3. The number of methoxy groups -OCH3 is 1. The molecule has 1 saturated heterocycles. The zero-order chi connectivity index (χ0) is 19.3. The third kappa shape index (κ3) is 2.80. The van der Waals surface area contributed by atoms with Crippen molar-refractivity contribution in [3.8, 4) is 5.75 Å². The van der Waals surface area contributed by atoms with Gasteiger partial charge in [0.25, 0.3) is 5.56 Å². The molecule has 2 bridgehead atoms. The molecule has 4 heterocycles. The smallest absolute Gasteiger partial charge is 0.250 e. The normalized spacial score (nSPS) is 20.8. The highest BCUT2D eigenvalue weighted by Crippen LogP contribution is 2.35. The van der Waals surface area contributed by atoms with E-state index in [9.17, 15) is 9.59 Å². The highest BCUT2D eigenvalue weighted by molar-refractivity contribution is 5.84. The van der Waals surface area contributed by atoms with Crippen molar-refractivity contribution in [1.82, 2.24) is 14.0 Å². The Morgan fingerprint density at radius 2 is 2.04 bits per heavy atom. The number of pyridine rings is 1. The molecule has 0 spiro atoms. The molecule has 28 heavy (non-hydrogen) atoms. The lowest BCUT2D eigenvalue weighted by Crippen LogP contribution is -2.49. The van der Waals surface area contributed by atoms with Gasteiger partial charge in [-0.25, -0.2) is 0 Å². The van der Waals surface area contributed by atoms with Crippen LogP contribution in [0.1, 0.15) is 18.0 Å². The van der Waals surface area contributed by atoms with Gasteiger partial charge >= 0.3 is 0 Å². The van der Waals surface area contributed by atoms with Crippen molar-refractivity contribution < 1.29 is 9.53 Å². The van der Waals surface area contributed by atoms with Crippen LogP contribution in [0.2, 0.25) is 0 Å². The van der Waals surface area contributed by atoms with Gasteiger partial charge in [0.15, 0.2) is 0 Å². The number of nitrogens with zero attached hydrogens (tertiary/aromatic N) is 3. The van der Waals surface area contributed by atoms with Gasteiger partial charge in [0.2, 0.25) is 5.91 Å². The minimum Gasteiger partial charge on any atom is -0.497 e. The first-order valence-electron chi connectivity index (χ1n) is 9.73. The molecule has 0 aliphatic carbocycles. The molecule has 2 atom stereocenters. The van der Waals surface area contributed by atoms with Crippen LogP contribution in [-0.4, -0.2) is 40.1 Å². The number of benzene rings is 1. The Balaban J connectivity index is 1.37. The maximum atomic E-state index is 13.1. The van der Waals surface area contributed by atoms with E-state index in [0.717, 1.165) is 35.3 Å². The van der Waals surface area contributed by atoms with Gasteiger partial charge in [-0.1, -0.05) is 6.07 Å². The Morgan fingerprint density at radius 3 is 2.89 bits per heavy atom. The van der Waals surface area contributed by atoms with Crippen molar-refractivity contribution in [1.29, 1.82) is 0 Å². The van der Waals surface area contributed by atoms with E-state index in [1.54, 1.807) is 13.2 Å². The van der Waals surface area contributed by atoms with Crippen molar-refractivity contribution in [2.24, 2.45) is 5.92 Å². The van der Waals surface area contributed by atoms with Gasteiger partial charge in [0, 0.05) is 54.4 Å². The summed E-state index contributed by atoms with van der Waals surface area (Å²) < 4.78 is 9.17. The Hall–Kier alpha value is -3.02. The number of likely N-dealkylation sites (tertiary alicyclic amines) is 1. The van der Waals surface area contributed by atoms with Crippen LogP contribution in [0.5, 0.6) is 5.75 Å². The van der Waals surface area contributed by atoms with Crippen LogP contribution in [0.4, 0.5) is 0 Å². The number of fused-ring (bicyclic) bond motifs is 5. The lowest BCUT2D eigenvalue weighted by atomic mass is 9.83. The summed E-state index contributed by atoms with van der Waals surface area (Å²) in [6.45, 7) is 2.45. The zero-order valence-electron chi connectivity index (χ0n) is 15.9. The summed E-state index contributed by atoms with van der Waals surface area (Å²) in [5.74, 6) is 1.54. The number of carbonyl (C=O) groups is 1. The zero-order valence-corrected chi connectivity index (χ0v) is 15.9. The van der Waals surface area contributed by atoms with Crippen LogP contribution >= 0.6 is 0 Å². The first-order valence-corrected chi connectivity index (χ1v) is 9.73. The number of hydrogen-bond acceptors (Lipinski definition) is 3. The molecular weight excluding hydrogens is 354 g/mol. The molecule has 2 aromatic heterocycles. The van der Waals surface area contributed by atoms with Crippen LogP contribution in [0, 0.1) is 5.92 Å². The molecule has 6 heteroatoms. The summed E-state index contributed by atoms with van der Waals surface area (Å²) >= 11 is 0. The summed E-state index contributed by atoms with van der Waals surface area (Å²) in [7, 11) is 1.65. The fraction of sp³-hybridized carbons (Fsp3) is 0.364. The second-order valence-electron chi connectivity index (χ2n) is 7.87. The van der Waals surface area contributed by atoms with Gasteiger partial charge in [-0.3, -0.25) is 9.59 Å². The van der Waals surface area contributed by atoms with Crippen LogP contribution in [0.25, 0.3) is 10.9 Å². The predicted octanol–water partition coefficient (Wildman–Crippen LogP) is 2.46. The molecule has 0 N–H and O–H groups in total. The quantitative estimate of drug-likeness (QED) is 0.705.